The summed E-state index contributed by atoms with van der Waals surface area (Å²) in [5.74, 6) is 0.206. The molecule has 2 aromatic carbocycles. The van der Waals surface area contributed by atoms with E-state index in [4.69, 9.17) is 9.47 Å². The normalized spacial score (nSPS) is 10.0. The first-order chi connectivity index (χ1) is 11.9. The van der Waals surface area contributed by atoms with E-state index in [1.165, 1.54) is 0 Å². The van der Waals surface area contributed by atoms with Crippen LogP contribution in [0.1, 0.15) is 5.56 Å². The highest BCUT2D eigenvalue weighted by Gasteiger charge is 2.08. The molecule has 0 atom stereocenters. The topological polar surface area (TPSA) is 76.7 Å². The maximum atomic E-state index is 11.7. The highest BCUT2D eigenvalue weighted by Crippen LogP contribution is 2.21. The number of benzene rings is 2. The molecule has 132 valence electrons. The largest absolute Gasteiger partial charge is 0.484 e. The number of ether oxygens (including phenoxy) is 2. The summed E-state index contributed by atoms with van der Waals surface area (Å²) in [6.07, 6.45) is 0. The number of hydrazine groups is 1. The Morgan fingerprint density at radius 2 is 1.44 bits per heavy atom. The highest BCUT2D eigenvalue weighted by molar-refractivity contribution is 9.10. The standard InChI is InChI=1S/C17H16Br2N2O4/c1-11-8-13(19)4-7-15(11)25-10-17(23)21-20-16(22)9-24-14-5-2-12(18)3-6-14/h2-8H,9-10H2,1H3,(H,20,22)(H,21,23). The fourth-order valence-electron chi connectivity index (χ4n) is 1.81. The molecule has 25 heavy (non-hydrogen) atoms. The van der Waals surface area contributed by atoms with Gasteiger partial charge in [-0.25, -0.2) is 0 Å². The molecule has 0 radical (unpaired) electrons. The molecule has 0 fully saturated rings. The lowest BCUT2D eigenvalue weighted by atomic mass is 10.2. The van der Waals surface area contributed by atoms with E-state index >= 15 is 0 Å². The predicted octanol–water partition coefficient (Wildman–Crippen LogP) is 3.13. The van der Waals surface area contributed by atoms with Crippen LogP contribution in [0, 0.1) is 6.92 Å². The molecule has 0 bridgehead atoms. The average molecular weight is 472 g/mol. The first-order valence-corrected chi connectivity index (χ1v) is 8.87. The molecule has 2 aromatic rings. The number of carbonyl (C=O) groups excluding carboxylic acids is 2. The fourth-order valence-corrected chi connectivity index (χ4v) is 2.55. The van der Waals surface area contributed by atoms with Crippen LogP contribution >= 0.6 is 31.9 Å². The van der Waals surface area contributed by atoms with Crippen molar-refractivity contribution in [2.45, 2.75) is 6.92 Å². The van der Waals surface area contributed by atoms with Gasteiger partial charge in [-0.15, -0.1) is 0 Å². The second kappa shape index (κ2) is 9.43. The zero-order valence-electron chi connectivity index (χ0n) is 13.3. The number of aryl methyl sites for hydroxylation is 1. The van der Waals surface area contributed by atoms with E-state index in [1.54, 1.807) is 30.3 Å². The number of nitrogens with one attached hydrogen (secondary N) is 2. The second-order valence-corrected chi connectivity index (χ2v) is 6.87. The van der Waals surface area contributed by atoms with Gasteiger partial charge in [0.05, 0.1) is 0 Å². The van der Waals surface area contributed by atoms with Gasteiger partial charge in [0.25, 0.3) is 11.8 Å². The highest BCUT2D eigenvalue weighted by atomic mass is 79.9. The molecule has 2 N–H and O–H groups in total. The van der Waals surface area contributed by atoms with E-state index in [0.717, 1.165) is 14.5 Å². The minimum absolute atomic E-state index is 0.212. The van der Waals surface area contributed by atoms with Crippen LogP contribution in [-0.2, 0) is 9.59 Å². The van der Waals surface area contributed by atoms with Gasteiger partial charge in [0.15, 0.2) is 13.2 Å². The van der Waals surface area contributed by atoms with Gasteiger partial charge in [0.1, 0.15) is 11.5 Å². The van der Waals surface area contributed by atoms with Gasteiger partial charge in [-0.05, 0) is 55.0 Å². The number of hydrogen-bond acceptors (Lipinski definition) is 4. The summed E-state index contributed by atoms with van der Waals surface area (Å²) in [7, 11) is 0. The lowest BCUT2D eigenvalue weighted by Crippen LogP contribution is -2.45. The summed E-state index contributed by atoms with van der Waals surface area (Å²) < 4.78 is 12.5. The first kappa shape index (κ1) is 19.3. The zero-order valence-corrected chi connectivity index (χ0v) is 16.5. The molecule has 0 aliphatic rings. The van der Waals surface area contributed by atoms with E-state index < -0.39 is 11.8 Å². The molecule has 0 aliphatic heterocycles. The predicted molar refractivity (Wildman–Crippen MR) is 100 cm³/mol. The van der Waals surface area contributed by atoms with Gasteiger partial charge in [0, 0.05) is 8.95 Å². The van der Waals surface area contributed by atoms with Gasteiger partial charge in [-0.2, -0.15) is 0 Å². The fraction of sp³-hybridized carbons (Fsp3) is 0.176. The van der Waals surface area contributed by atoms with Crippen LogP contribution in [0.3, 0.4) is 0 Å². The van der Waals surface area contributed by atoms with Crippen LogP contribution < -0.4 is 20.3 Å². The van der Waals surface area contributed by atoms with Crippen molar-refractivity contribution in [1.82, 2.24) is 10.9 Å². The molecule has 0 aliphatic carbocycles. The third-order valence-electron chi connectivity index (χ3n) is 3.02. The van der Waals surface area contributed by atoms with Crippen molar-refractivity contribution < 1.29 is 19.1 Å². The monoisotopic (exact) mass is 470 g/mol. The molecule has 8 heteroatoms. The number of hydrogen-bond donors (Lipinski definition) is 2. The molecule has 2 amide bonds. The Morgan fingerprint density at radius 1 is 0.880 bits per heavy atom. The van der Waals surface area contributed by atoms with Crippen LogP contribution in [0.5, 0.6) is 11.5 Å². The van der Waals surface area contributed by atoms with Crippen molar-refractivity contribution >= 4 is 43.7 Å². The van der Waals surface area contributed by atoms with Crippen molar-refractivity contribution in [3.63, 3.8) is 0 Å². The van der Waals surface area contributed by atoms with E-state index in [9.17, 15) is 9.59 Å². The minimum Gasteiger partial charge on any atom is -0.484 e. The van der Waals surface area contributed by atoms with Crippen LogP contribution in [-0.4, -0.2) is 25.0 Å². The van der Waals surface area contributed by atoms with E-state index in [-0.39, 0.29) is 13.2 Å². The van der Waals surface area contributed by atoms with Crippen LogP contribution in [0.2, 0.25) is 0 Å². The van der Waals surface area contributed by atoms with Crippen molar-refractivity contribution in [2.24, 2.45) is 0 Å². The lowest BCUT2D eigenvalue weighted by molar-refractivity contribution is -0.131. The van der Waals surface area contributed by atoms with Gasteiger partial charge < -0.3 is 9.47 Å². The summed E-state index contributed by atoms with van der Waals surface area (Å²) in [6, 6.07) is 12.5. The molecule has 2 rings (SSSR count). The molecule has 0 heterocycles. The molecule has 6 nitrogen and oxygen atoms in total. The SMILES string of the molecule is Cc1cc(Br)ccc1OCC(=O)NNC(=O)COc1ccc(Br)cc1. The van der Waals surface area contributed by atoms with E-state index in [2.05, 4.69) is 42.7 Å². The van der Waals surface area contributed by atoms with Crippen LogP contribution in [0.25, 0.3) is 0 Å². The lowest BCUT2D eigenvalue weighted by Gasteiger charge is -2.11. The van der Waals surface area contributed by atoms with Crippen molar-refractivity contribution in [3.05, 3.63) is 57.0 Å². The average Bonchev–Trinajstić information content (AvgIpc) is 2.58. The van der Waals surface area contributed by atoms with Crippen molar-refractivity contribution in [1.29, 1.82) is 0 Å². The molecule has 0 saturated carbocycles. The number of amides is 2. The third-order valence-corrected chi connectivity index (χ3v) is 4.04. The van der Waals surface area contributed by atoms with Gasteiger partial charge >= 0.3 is 0 Å². The number of halogens is 2. The summed E-state index contributed by atoms with van der Waals surface area (Å²) >= 11 is 6.66. The Kier molecular flexibility index (Phi) is 7.27. The summed E-state index contributed by atoms with van der Waals surface area (Å²) in [6.45, 7) is 1.45. The quantitative estimate of drug-likeness (QED) is 0.634. The molecule has 0 spiro atoms. The Hall–Kier alpha value is -2.06. The van der Waals surface area contributed by atoms with Gasteiger partial charge in [0.2, 0.25) is 0 Å². The van der Waals surface area contributed by atoms with Gasteiger partial charge in [-0.3, -0.25) is 20.4 Å². The maximum absolute atomic E-state index is 11.7. The second-order valence-electron chi connectivity index (χ2n) is 5.04. The summed E-state index contributed by atoms with van der Waals surface area (Å²) in [5, 5.41) is 0. The molecule has 0 aromatic heterocycles. The minimum atomic E-state index is -0.476. The molecular formula is C17H16Br2N2O4. The summed E-state index contributed by atoms with van der Waals surface area (Å²) in [4.78, 5) is 23.4. The third kappa shape index (κ3) is 6.75. The van der Waals surface area contributed by atoms with E-state index in [0.29, 0.717) is 11.5 Å². The van der Waals surface area contributed by atoms with Crippen LogP contribution in [0.15, 0.2) is 51.4 Å². The summed E-state index contributed by atoms with van der Waals surface area (Å²) in [5.41, 5.74) is 5.43. The maximum Gasteiger partial charge on any atom is 0.276 e. The Labute approximate surface area is 162 Å². The molecular weight excluding hydrogens is 456 g/mol. The van der Waals surface area contributed by atoms with Crippen LogP contribution in [0.4, 0.5) is 0 Å². The van der Waals surface area contributed by atoms with Gasteiger partial charge in [-0.1, -0.05) is 31.9 Å². The first-order valence-electron chi connectivity index (χ1n) is 7.29. The van der Waals surface area contributed by atoms with Crippen molar-refractivity contribution in [2.75, 3.05) is 13.2 Å². The zero-order chi connectivity index (χ0) is 18.2. The smallest absolute Gasteiger partial charge is 0.276 e. The Balaban J connectivity index is 1.68. The number of carbonyl (C=O) groups is 2. The number of rotatable bonds is 6. The van der Waals surface area contributed by atoms with Crippen molar-refractivity contribution in [3.8, 4) is 11.5 Å². The molecule has 0 saturated heterocycles. The van der Waals surface area contributed by atoms with E-state index in [1.807, 2.05) is 19.1 Å². The Bertz CT molecular complexity index is 751. The Morgan fingerprint density at radius 3 is 2.04 bits per heavy atom. The molecule has 0 unspecified atom stereocenters.